The molecule has 0 rings (SSSR count). The van der Waals surface area contributed by atoms with Gasteiger partial charge in [-0.2, -0.15) is 0 Å². The van der Waals surface area contributed by atoms with Crippen LogP contribution in [0.25, 0.3) is 0 Å². The summed E-state index contributed by atoms with van der Waals surface area (Å²) < 4.78 is 17.1. The molecule has 0 aromatic carbocycles. The van der Waals surface area contributed by atoms with E-state index in [1.54, 1.807) is 0 Å². The Balaban J connectivity index is 4.42. The fraction of sp³-hybridized carbons (Fsp3) is 0.821. The third-order valence-corrected chi connectivity index (χ3v) is 8.37. The van der Waals surface area contributed by atoms with Crippen molar-refractivity contribution in [2.45, 2.75) is 167 Å². The molecule has 274 valence electrons. The minimum Gasteiger partial charge on any atom is -0.477 e. The number of aliphatic carboxylic acids is 1. The number of allylic oxidation sites excluding steroid dienone is 4. The maximum atomic E-state index is 12.6. The molecule has 8 heteroatoms. The highest BCUT2D eigenvalue weighted by Crippen LogP contribution is 2.14. The smallest absolute Gasteiger partial charge is 0.362 e. The first-order valence-electron chi connectivity index (χ1n) is 18.9. The molecule has 0 radical (unpaired) electrons. The predicted molar refractivity (Wildman–Crippen MR) is 192 cm³/mol. The van der Waals surface area contributed by atoms with Crippen LogP contribution in [0.15, 0.2) is 24.3 Å². The molecule has 8 nitrogen and oxygen atoms in total. The first kappa shape index (κ1) is 44.8. The van der Waals surface area contributed by atoms with E-state index in [0.29, 0.717) is 19.3 Å². The van der Waals surface area contributed by atoms with Crippen LogP contribution in [0.3, 0.4) is 0 Å². The number of nitrogens with zero attached hydrogens (tertiary/aromatic N) is 1. The summed E-state index contributed by atoms with van der Waals surface area (Å²) in [6.45, 7) is 4.57. The Bertz CT molecular complexity index is 834. The highest BCUT2D eigenvalue weighted by atomic mass is 16.6. The summed E-state index contributed by atoms with van der Waals surface area (Å²) in [6.07, 6.45) is 30.9. The van der Waals surface area contributed by atoms with Gasteiger partial charge in [0.15, 0.2) is 12.1 Å². The summed E-state index contributed by atoms with van der Waals surface area (Å²) in [4.78, 5) is 36.7. The van der Waals surface area contributed by atoms with Crippen LogP contribution in [0.2, 0.25) is 0 Å². The van der Waals surface area contributed by atoms with Gasteiger partial charge >= 0.3 is 17.9 Å². The lowest BCUT2D eigenvalue weighted by Gasteiger charge is -2.31. The third-order valence-electron chi connectivity index (χ3n) is 8.37. The quantitative estimate of drug-likeness (QED) is 0.0322. The van der Waals surface area contributed by atoms with Crippen LogP contribution >= 0.6 is 0 Å². The molecule has 0 spiro atoms. The molecule has 2 unspecified atom stereocenters. The summed E-state index contributed by atoms with van der Waals surface area (Å²) in [5.41, 5.74) is 0. The Hall–Kier alpha value is -2.19. The average Bonchev–Trinajstić information content (AvgIpc) is 3.01. The normalized spacial score (nSPS) is 13.3. The van der Waals surface area contributed by atoms with Gasteiger partial charge in [0, 0.05) is 19.3 Å². The summed E-state index contributed by atoms with van der Waals surface area (Å²) in [7, 11) is 5.50. The van der Waals surface area contributed by atoms with Crippen molar-refractivity contribution in [3.05, 3.63) is 24.3 Å². The van der Waals surface area contributed by atoms with E-state index >= 15 is 0 Å². The molecular formula is C39H72NO7+. The van der Waals surface area contributed by atoms with Gasteiger partial charge in [0.2, 0.25) is 0 Å². The number of hydrogen-bond donors (Lipinski definition) is 1. The highest BCUT2D eigenvalue weighted by Gasteiger charge is 2.31. The zero-order chi connectivity index (χ0) is 35.0. The minimum absolute atomic E-state index is 0.0541. The molecule has 0 bridgehead atoms. The number of ether oxygens (including phenoxy) is 3. The molecule has 0 fully saturated rings. The molecular weight excluding hydrogens is 594 g/mol. The predicted octanol–water partition coefficient (Wildman–Crippen LogP) is 9.35. The molecule has 2 atom stereocenters. The first-order valence-corrected chi connectivity index (χ1v) is 18.9. The molecule has 0 amide bonds. The lowest BCUT2D eigenvalue weighted by molar-refractivity contribution is -0.887. The molecule has 1 N–H and O–H groups in total. The van der Waals surface area contributed by atoms with Crippen molar-refractivity contribution in [3.8, 4) is 0 Å². The van der Waals surface area contributed by atoms with E-state index in [9.17, 15) is 19.5 Å². The second-order valence-corrected chi connectivity index (χ2v) is 13.8. The van der Waals surface area contributed by atoms with Gasteiger partial charge in [-0.15, -0.1) is 0 Å². The van der Waals surface area contributed by atoms with E-state index in [-0.39, 0.29) is 36.2 Å². The number of quaternary nitrogens is 1. The lowest BCUT2D eigenvalue weighted by Crippen LogP contribution is -2.50. The Morgan fingerprint density at radius 1 is 0.660 bits per heavy atom. The van der Waals surface area contributed by atoms with E-state index in [1.165, 1.54) is 70.6 Å². The lowest BCUT2D eigenvalue weighted by atomic mass is 10.0. The van der Waals surface area contributed by atoms with Gasteiger partial charge in [0.1, 0.15) is 6.61 Å². The molecule has 0 aromatic rings. The van der Waals surface area contributed by atoms with Crippen LogP contribution in [-0.4, -0.2) is 80.6 Å². The molecule has 0 heterocycles. The number of esters is 2. The van der Waals surface area contributed by atoms with Crippen molar-refractivity contribution in [2.24, 2.45) is 0 Å². The molecule has 0 aromatic heterocycles. The highest BCUT2D eigenvalue weighted by molar-refractivity contribution is 5.72. The summed E-state index contributed by atoms with van der Waals surface area (Å²) in [6, 6.07) is -0.614. The van der Waals surface area contributed by atoms with Crippen molar-refractivity contribution < 1.29 is 38.2 Å². The zero-order valence-corrected chi connectivity index (χ0v) is 31.0. The van der Waals surface area contributed by atoms with E-state index in [4.69, 9.17) is 14.2 Å². The maximum absolute atomic E-state index is 12.6. The SMILES string of the molecule is CC/C=C/C/C=C/CCCCC(=O)OCC(COCCC(C(=O)O)[N+](C)(C)C)OC(=O)CCCCCCCCCCCCCCCC. The molecule has 0 aliphatic rings. The monoisotopic (exact) mass is 667 g/mol. The summed E-state index contributed by atoms with van der Waals surface area (Å²) >= 11 is 0. The van der Waals surface area contributed by atoms with E-state index < -0.39 is 18.1 Å². The first-order chi connectivity index (χ1) is 22.6. The van der Waals surface area contributed by atoms with Crippen LogP contribution in [0.4, 0.5) is 0 Å². The molecule has 0 aliphatic carbocycles. The van der Waals surface area contributed by atoms with Crippen LogP contribution in [0.1, 0.15) is 155 Å². The molecule has 47 heavy (non-hydrogen) atoms. The van der Waals surface area contributed by atoms with Crippen molar-refractivity contribution >= 4 is 17.9 Å². The van der Waals surface area contributed by atoms with Crippen molar-refractivity contribution in [1.82, 2.24) is 0 Å². The van der Waals surface area contributed by atoms with Gasteiger partial charge in [-0.25, -0.2) is 4.79 Å². The van der Waals surface area contributed by atoms with Crippen LogP contribution in [0.5, 0.6) is 0 Å². The van der Waals surface area contributed by atoms with Crippen LogP contribution in [-0.2, 0) is 28.6 Å². The van der Waals surface area contributed by atoms with E-state index in [0.717, 1.165) is 51.4 Å². The van der Waals surface area contributed by atoms with Crippen molar-refractivity contribution in [1.29, 1.82) is 0 Å². The number of likely N-dealkylation sites (N-methyl/N-ethyl adjacent to an activating group) is 1. The van der Waals surface area contributed by atoms with Gasteiger partial charge in [-0.05, 0) is 38.5 Å². The number of carboxylic acids is 1. The van der Waals surface area contributed by atoms with Gasteiger partial charge in [-0.3, -0.25) is 9.59 Å². The van der Waals surface area contributed by atoms with E-state index in [2.05, 4.69) is 38.2 Å². The van der Waals surface area contributed by atoms with Gasteiger partial charge in [-0.1, -0.05) is 122 Å². The van der Waals surface area contributed by atoms with Crippen LogP contribution < -0.4 is 0 Å². The van der Waals surface area contributed by atoms with Gasteiger partial charge in [0.05, 0.1) is 34.4 Å². The van der Waals surface area contributed by atoms with E-state index in [1.807, 2.05) is 21.1 Å². The third kappa shape index (κ3) is 29.7. The topological polar surface area (TPSA) is 99.1 Å². The number of unbranched alkanes of at least 4 members (excludes halogenated alkanes) is 15. The zero-order valence-electron chi connectivity index (χ0n) is 31.0. The van der Waals surface area contributed by atoms with Crippen molar-refractivity contribution in [3.63, 3.8) is 0 Å². The number of carboxylic acid groups (broad SMARTS) is 1. The Kier molecular flexibility index (Phi) is 29.7. The largest absolute Gasteiger partial charge is 0.477 e. The Labute approximate surface area is 288 Å². The Morgan fingerprint density at radius 2 is 1.19 bits per heavy atom. The second kappa shape index (κ2) is 31.1. The number of rotatable bonds is 33. The standard InChI is InChI=1S/C39H71NO7/c1-6-8-10-12-14-16-17-18-19-20-22-24-26-28-30-38(42)47-35(33-45-32-31-36(39(43)44)40(3,4)5)34-46-37(41)29-27-25-23-21-15-13-11-9-7-2/h9,11,15,21,35-36H,6-8,10,12-14,16-20,22-34H2,1-5H3/p+1/b11-9+,21-15+. The maximum Gasteiger partial charge on any atom is 0.362 e. The molecule has 0 saturated carbocycles. The summed E-state index contributed by atoms with van der Waals surface area (Å²) in [5, 5.41) is 9.56. The molecule has 0 saturated heterocycles. The minimum atomic E-state index is -0.880. The summed E-state index contributed by atoms with van der Waals surface area (Å²) in [5.74, 6) is -1.51. The molecule has 0 aliphatic heterocycles. The van der Waals surface area contributed by atoms with Gasteiger partial charge < -0.3 is 23.8 Å². The Morgan fingerprint density at radius 3 is 1.74 bits per heavy atom. The fourth-order valence-electron chi connectivity index (χ4n) is 5.42. The second-order valence-electron chi connectivity index (χ2n) is 13.8. The van der Waals surface area contributed by atoms with Crippen molar-refractivity contribution in [2.75, 3.05) is 41.0 Å². The number of hydrogen-bond acceptors (Lipinski definition) is 6. The average molecular weight is 667 g/mol. The van der Waals surface area contributed by atoms with Gasteiger partial charge in [0.25, 0.3) is 0 Å². The number of carbonyl (C=O) groups is 3. The fourth-order valence-corrected chi connectivity index (χ4v) is 5.42. The van der Waals surface area contributed by atoms with Crippen LogP contribution in [0, 0.1) is 0 Å². The number of carbonyl (C=O) groups excluding carboxylic acids is 2.